The van der Waals surface area contributed by atoms with Gasteiger partial charge in [-0.3, -0.25) is 0 Å². The highest BCUT2D eigenvalue weighted by Crippen LogP contribution is 2.22. The molecule has 1 aromatic heterocycles. The summed E-state index contributed by atoms with van der Waals surface area (Å²) in [6.45, 7) is 5.36. The Morgan fingerprint density at radius 3 is 2.59 bits per heavy atom. The van der Waals surface area contributed by atoms with Crippen LogP contribution in [0.4, 0.5) is 0 Å². The third-order valence-electron chi connectivity index (χ3n) is 3.44. The van der Waals surface area contributed by atoms with Gasteiger partial charge >= 0.3 is 0 Å². The molecule has 0 saturated heterocycles. The number of methoxy groups -OCH3 is 1. The van der Waals surface area contributed by atoms with Gasteiger partial charge in [-0.15, -0.1) is 0 Å². The fraction of sp³-hybridized carbons (Fsp3) is 0.400. The quantitative estimate of drug-likeness (QED) is 0.882. The smallest absolute Gasteiger partial charge is 0.246 e. The van der Waals surface area contributed by atoms with Gasteiger partial charge in [0.2, 0.25) is 10.0 Å². The van der Waals surface area contributed by atoms with Crippen LogP contribution in [0.15, 0.2) is 27.6 Å². The second-order valence-electron chi connectivity index (χ2n) is 4.98. The van der Waals surface area contributed by atoms with Gasteiger partial charge in [0.25, 0.3) is 0 Å². The molecule has 0 aliphatic carbocycles. The summed E-state index contributed by atoms with van der Waals surface area (Å²) in [6.07, 6.45) is 0.869. The number of benzene rings is 1. The Bertz CT molecular complexity index is 746. The third-order valence-corrected chi connectivity index (χ3v) is 5.09. The summed E-state index contributed by atoms with van der Waals surface area (Å²) < 4.78 is 37.6. The van der Waals surface area contributed by atoms with Crippen LogP contribution in [0.1, 0.15) is 29.5 Å². The van der Waals surface area contributed by atoms with Gasteiger partial charge in [-0.1, -0.05) is 24.2 Å². The van der Waals surface area contributed by atoms with Gasteiger partial charge in [0.1, 0.15) is 16.3 Å². The molecule has 0 bridgehead atoms. The van der Waals surface area contributed by atoms with Crippen LogP contribution in [0.5, 0.6) is 5.75 Å². The Balaban J connectivity index is 2.26. The molecule has 1 heterocycles. The van der Waals surface area contributed by atoms with Crippen molar-refractivity contribution in [2.45, 2.75) is 38.6 Å². The van der Waals surface area contributed by atoms with E-state index in [1.165, 1.54) is 0 Å². The lowest BCUT2D eigenvalue weighted by Crippen LogP contribution is -2.24. The van der Waals surface area contributed by atoms with Gasteiger partial charge in [-0.2, -0.15) is 0 Å². The Morgan fingerprint density at radius 1 is 1.32 bits per heavy atom. The van der Waals surface area contributed by atoms with Crippen molar-refractivity contribution in [1.82, 2.24) is 9.88 Å². The van der Waals surface area contributed by atoms with Gasteiger partial charge < -0.3 is 9.26 Å². The molecule has 7 heteroatoms. The Morgan fingerprint density at radius 2 is 2.05 bits per heavy atom. The second kappa shape index (κ2) is 6.50. The molecule has 6 nitrogen and oxygen atoms in total. The monoisotopic (exact) mass is 324 g/mol. The van der Waals surface area contributed by atoms with Gasteiger partial charge in [-0.05, 0) is 31.9 Å². The molecule has 1 aromatic carbocycles. The fourth-order valence-electron chi connectivity index (χ4n) is 2.29. The van der Waals surface area contributed by atoms with E-state index in [0.717, 1.165) is 17.5 Å². The predicted molar refractivity (Wildman–Crippen MR) is 82.4 cm³/mol. The summed E-state index contributed by atoms with van der Waals surface area (Å²) in [5.74, 6) is 0.929. The average Bonchev–Trinajstić information content (AvgIpc) is 2.84. The highest BCUT2D eigenvalue weighted by molar-refractivity contribution is 7.89. The van der Waals surface area contributed by atoms with Crippen molar-refractivity contribution in [3.63, 3.8) is 0 Å². The van der Waals surface area contributed by atoms with Crippen molar-refractivity contribution in [1.29, 1.82) is 0 Å². The fourth-order valence-corrected chi connectivity index (χ4v) is 3.62. The SMILES string of the molecule is CCc1ccc(OC)c(CNS(=O)(=O)c2c(C)noc2C)c1. The van der Waals surface area contributed by atoms with Gasteiger partial charge in [0, 0.05) is 12.1 Å². The van der Waals surface area contributed by atoms with E-state index in [4.69, 9.17) is 9.26 Å². The molecule has 0 radical (unpaired) electrons. The molecule has 120 valence electrons. The maximum Gasteiger partial charge on any atom is 0.246 e. The average molecular weight is 324 g/mol. The first-order chi connectivity index (χ1) is 10.4. The highest BCUT2D eigenvalue weighted by Gasteiger charge is 2.24. The standard InChI is InChI=1S/C15H20N2O4S/c1-5-12-6-7-14(20-4)13(8-12)9-16-22(18,19)15-10(2)17-21-11(15)3/h6-8,16H,5,9H2,1-4H3. The van der Waals surface area contributed by atoms with E-state index in [9.17, 15) is 8.42 Å². The van der Waals surface area contributed by atoms with Crippen LogP contribution in [0, 0.1) is 13.8 Å². The minimum Gasteiger partial charge on any atom is -0.496 e. The van der Waals surface area contributed by atoms with E-state index in [-0.39, 0.29) is 17.2 Å². The summed E-state index contributed by atoms with van der Waals surface area (Å²) in [5.41, 5.74) is 2.25. The molecule has 0 aliphatic heterocycles. The zero-order chi connectivity index (χ0) is 16.3. The Kier molecular flexibility index (Phi) is 4.87. The van der Waals surface area contributed by atoms with Crippen LogP contribution in [0.25, 0.3) is 0 Å². The molecule has 0 unspecified atom stereocenters. The highest BCUT2D eigenvalue weighted by atomic mass is 32.2. The van der Waals surface area contributed by atoms with E-state index >= 15 is 0 Å². The third kappa shape index (κ3) is 3.31. The van der Waals surface area contributed by atoms with E-state index in [2.05, 4.69) is 9.88 Å². The second-order valence-corrected chi connectivity index (χ2v) is 6.68. The molecule has 0 atom stereocenters. The summed E-state index contributed by atoms with van der Waals surface area (Å²) in [7, 11) is -2.12. The predicted octanol–water partition coefficient (Wildman–Crippen LogP) is 2.34. The maximum atomic E-state index is 12.4. The zero-order valence-corrected chi connectivity index (χ0v) is 14.0. The topological polar surface area (TPSA) is 81.4 Å². The van der Waals surface area contributed by atoms with Crippen LogP contribution in [0.3, 0.4) is 0 Å². The van der Waals surface area contributed by atoms with E-state index in [1.54, 1.807) is 21.0 Å². The number of nitrogens with zero attached hydrogens (tertiary/aromatic N) is 1. The summed E-state index contributed by atoms with van der Waals surface area (Å²) in [6, 6.07) is 5.75. The zero-order valence-electron chi connectivity index (χ0n) is 13.1. The maximum absolute atomic E-state index is 12.4. The van der Waals surface area contributed by atoms with Crippen molar-refractivity contribution >= 4 is 10.0 Å². The van der Waals surface area contributed by atoms with Gasteiger partial charge in [-0.25, -0.2) is 13.1 Å². The lowest BCUT2D eigenvalue weighted by molar-refractivity contribution is 0.390. The van der Waals surface area contributed by atoms with E-state index in [0.29, 0.717) is 11.4 Å². The van der Waals surface area contributed by atoms with Crippen molar-refractivity contribution in [2.75, 3.05) is 7.11 Å². The molecule has 22 heavy (non-hydrogen) atoms. The number of aromatic nitrogens is 1. The van der Waals surface area contributed by atoms with E-state index in [1.807, 2.05) is 25.1 Å². The summed E-state index contributed by atoms with van der Waals surface area (Å²) in [4.78, 5) is 0.0955. The Labute approximate surface area is 130 Å². The van der Waals surface area contributed by atoms with Gasteiger partial charge in [0.15, 0.2) is 5.76 Å². The van der Waals surface area contributed by atoms with Crippen molar-refractivity contribution in [3.8, 4) is 5.75 Å². The number of sulfonamides is 1. The van der Waals surface area contributed by atoms with Crippen molar-refractivity contribution < 1.29 is 17.7 Å². The van der Waals surface area contributed by atoms with Gasteiger partial charge in [0.05, 0.1) is 7.11 Å². The summed E-state index contributed by atoms with van der Waals surface area (Å²) in [5, 5.41) is 3.68. The first-order valence-electron chi connectivity index (χ1n) is 6.97. The lowest BCUT2D eigenvalue weighted by Gasteiger charge is -2.11. The van der Waals surface area contributed by atoms with E-state index < -0.39 is 10.0 Å². The molecule has 1 N–H and O–H groups in total. The molecule has 0 fully saturated rings. The minimum atomic E-state index is -3.68. The number of aryl methyl sites for hydroxylation is 3. The van der Waals surface area contributed by atoms with Crippen LogP contribution < -0.4 is 9.46 Å². The normalized spacial score (nSPS) is 11.6. The summed E-state index contributed by atoms with van der Waals surface area (Å²) >= 11 is 0. The lowest BCUT2D eigenvalue weighted by atomic mass is 10.1. The van der Waals surface area contributed by atoms with Crippen LogP contribution in [-0.2, 0) is 23.0 Å². The molecule has 0 amide bonds. The van der Waals surface area contributed by atoms with Crippen molar-refractivity contribution in [2.24, 2.45) is 0 Å². The molecular formula is C15H20N2O4S. The number of hydrogen-bond donors (Lipinski definition) is 1. The number of nitrogens with one attached hydrogen (secondary N) is 1. The molecule has 0 saturated carbocycles. The first-order valence-corrected chi connectivity index (χ1v) is 8.45. The molecule has 0 aliphatic rings. The number of hydrogen-bond acceptors (Lipinski definition) is 5. The van der Waals surface area contributed by atoms with Crippen molar-refractivity contribution in [3.05, 3.63) is 40.8 Å². The van der Waals surface area contributed by atoms with Crippen LogP contribution in [-0.4, -0.2) is 20.7 Å². The number of ether oxygens (including phenoxy) is 1. The first kappa shape index (κ1) is 16.5. The minimum absolute atomic E-state index is 0.0955. The molecular weight excluding hydrogens is 304 g/mol. The number of rotatable bonds is 6. The van der Waals surface area contributed by atoms with Crippen LogP contribution in [0.2, 0.25) is 0 Å². The van der Waals surface area contributed by atoms with Crippen LogP contribution >= 0.6 is 0 Å². The Hall–Kier alpha value is -1.86. The molecule has 2 rings (SSSR count). The molecule has 2 aromatic rings. The largest absolute Gasteiger partial charge is 0.496 e. The molecule has 0 spiro atoms.